The fourth-order valence-electron chi connectivity index (χ4n) is 5.43. The maximum absolute atomic E-state index is 13.0. The lowest BCUT2D eigenvalue weighted by Crippen LogP contribution is -2.58. The summed E-state index contributed by atoms with van der Waals surface area (Å²) in [6.45, 7) is 6.51. The SMILES string of the molecule is COC(=O)[C@@]12C[C@@H](C(C)C)[C@@H]3C[C@@](C)(CC[C@@H]31)C2=O. The van der Waals surface area contributed by atoms with Crippen LogP contribution < -0.4 is 0 Å². The van der Waals surface area contributed by atoms with Gasteiger partial charge in [-0.2, -0.15) is 0 Å². The van der Waals surface area contributed by atoms with E-state index in [2.05, 4.69) is 20.8 Å². The largest absolute Gasteiger partial charge is 0.468 e. The summed E-state index contributed by atoms with van der Waals surface area (Å²) < 4.78 is 5.05. The summed E-state index contributed by atoms with van der Waals surface area (Å²) in [4.78, 5) is 25.4. The van der Waals surface area contributed by atoms with Crippen molar-refractivity contribution in [3.05, 3.63) is 0 Å². The third-order valence-corrected chi connectivity index (χ3v) is 6.31. The number of Topliss-reactive ketones (excluding diaryl/α,β-unsaturated/α-hetero) is 1. The smallest absolute Gasteiger partial charge is 0.319 e. The van der Waals surface area contributed by atoms with E-state index in [-0.39, 0.29) is 23.1 Å². The maximum atomic E-state index is 13.0. The first-order valence-electron chi connectivity index (χ1n) is 7.50. The van der Waals surface area contributed by atoms with E-state index in [0.29, 0.717) is 17.8 Å². The molecule has 4 saturated carbocycles. The molecule has 4 fully saturated rings. The molecular weight excluding hydrogens is 240 g/mol. The second-order valence-corrected chi connectivity index (χ2v) is 7.48. The molecule has 4 aliphatic carbocycles. The topological polar surface area (TPSA) is 43.4 Å². The van der Waals surface area contributed by atoms with Crippen molar-refractivity contribution in [3.8, 4) is 0 Å². The predicted molar refractivity (Wildman–Crippen MR) is 71.3 cm³/mol. The Morgan fingerprint density at radius 3 is 2.63 bits per heavy atom. The van der Waals surface area contributed by atoms with Gasteiger partial charge in [-0.3, -0.25) is 9.59 Å². The summed E-state index contributed by atoms with van der Waals surface area (Å²) in [5.41, 5.74) is -1.09. The number of carbonyl (C=O) groups excluding carboxylic acids is 2. The van der Waals surface area contributed by atoms with Crippen molar-refractivity contribution in [1.82, 2.24) is 0 Å². The van der Waals surface area contributed by atoms with E-state index in [9.17, 15) is 9.59 Å². The van der Waals surface area contributed by atoms with Gasteiger partial charge < -0.3 is 4.74 Å². The molecule has 5 atom stereocenters. The van der Waals surface area contributed by atoms with Crippen LogP contribution in [0.4, 0.5) is 0 Å². The molecule has 4 rings (SSSR count). The van der Waals surface area contributed by atoms with E-state index < -0.39 is 5.41 Å². The first-order valence-corrected chi connectivity index (χ1v) is 7.50. The molecule has 0 N–H and O–H groups in total. The zero-order valence-corrected chi connectivity index (χ0v) is 12.4. The summed E-state index contributed by atoms with van der Waals surface area (Å²) in [5.74, 6) is 1.73. The molecule has 0 aromatic rings. The van der Waals surface area contributed by atoms with Gasteiger partial charge in [-0.25, -0.2) is 0 Å². The Morgan fingerprint density at radius 1 is 1.37 bits per heavy atom. The molecular formula is C16H24O3. The van der Waals surface area contributed by atoms with Gasteiger partial charge in [0.1, 0.15) is 5.41 Å². The lowest BCUT2D eigenvalue weighted by atomic mass is 9.49. The lowest BCUT2D eigenvalue weighted by Gasteiger charge is -2.52. The van der Waals surface area contributed by atoms with Crippen LogP contribution in [0.15, 0.2) is 0 Å². The zero-order chi connectivity index (χ0) is 14.0. The number of esters is 1. The van der Waals surface area contributed by atoms with E-state index in [1.165, 1.54) is 7.11 Å². The van der Waals surface area contributed by atoms with Crippen LogP contribution in [0.1, 0.15) is 46.5 Å². The van der Waals surface area contributed by atoms with Crippen molar-refractivity contribution < 1.29 is 14.3 Å². The lowest BCUT2D eigenvalue weighted by molar-refractivity contribution is -0.175. The Labute approximate surface area is 115 Å². The van der Waals surface area contributed by atoms with Crippen LogP contribution in [0.3, 0.4) is 0 Å². The third kappa shape index (κ3) is 1.39. The number of rotatable bonds is 2. The average Bonchev–Trinajstić information content (AvgIpc) is 2.67. The van der Waals surface area contributed by atoms with E-state index in [4.69, 9.17) is 4.74 Å². The Kier molecular flexibility index (Phi) is 2.65. The molecule has 0 aromatic carbocycles. The standard InChI is InChI=1S/C16H24O3/c1-9(2)10-8-16(14(18)19-4)12-5-6-15(3,13(16)17)7-11(10)12/h9-12H,5-8H2,1-4H3/t10-,11-,12-,15+,16-/m0/s1. The van der Waals surface area contributed by atoms with Crippen LogP contribution in [0, 0.1) is 34.5 Å². The van der Waals surface area contributed by atoms with Crippen molar-refractivity contribution in [2.75, 3.05) is 7.11 Å². The zero-order valence-electron chi connectivity index (χ0n) is 12.4. The molecule has 0 aliphatic heterocycles. The number of ether oxygens (including phenoxy) is 1. The Morgan fingerprint density at radius 2 is 2.05 bits per heavy atom. The van der Waals surface area contributed by atoms with Crippen molar-refractivity contribution in [2.45, 2.75) is 46.5 Å². The molecule has 3 nitrogen and oxygen atoms in total. The monoisotopic (exact) mass is 264 g/mol. The van der Waals surface area contributed by atoms with Gasteiger partial charge >= 0.3 is 5.97 Å². The van der Waals surface area contributed by atoms with Gasteiger partial charge in [0.25, 0.3) is 0 Å². The summed E-state index contributed by atoms with van der Waals surface area (Å²) in [5, 5.41) is 0. The second-order valence-electron chi connectivity index (χ2n) is 7.48. The van der Waals surface area contributed by atoms with E-state index in [1.54, 1.807) is 0 Å². The highest BCUT2D eigenvalue weighted by molar-refractivity contribution is 6.08. The van der Waals surface area contributed by atoms with Gasteiger partial charge in [0.15, 0.2) is 5.78 Å². The van der Waals surface area contributed by atoms with Crippen LogP contribution >= 0.6 is 0 Å². The molecule has 0 radical (unpaired) electrons. The van der Waals surface area contributed by atoms with E-state index in [0.717, 1.165) is 25.7 Å². The minimum absolute atomic E-state index is 0.183. The fraction of sp³-hybridized carbons (Fsp3) is 0.875. The number of ketones is 1. The van der Waals surface area contributed by atoms with Crippen molar-refractivity contribution in [2.24, 2.45) is 34.5 Å². The third-order valence-electron chi connectivity index (χ3n) is 6.31. The number of hydrogen-bond donors (Lipinski definition) is 0. The highest BCUT2D eigenvalue weighted by atomic mass is 16.5. The first kappa shape index (κ1) is 13.1. The van der Waals surface area contributed by atoms with Crippen molar-refractivity contribution >= 4 is 11.8 Å². The van der Waals surface area contributed by atoms with Gasteiger partial charge in [0.2, 0.25) is 0 Å². The molecule has 4 bridgehead atoms. The van der Waals surface area contributed by atoms with Gasteiger partial charge in [0, 0.05) is 5.41 Å². The Balaban J connectivity index is 2.11. The normalized spacial score (nSPS) is 47.8. The highest BCUT2D eigenvalue weighted by Crippen LogP contribution is 2.68. The van der Waals surface area contributed by atoms with Gasteiger partial charge in [-0.15, -0.1) is 0 Å². The van der Waals surface area contributed by atoms with Crippen LogP contribution in [-0.2, 0) is 14.3 Å². The van der Waals surface area contributed by atoms with E-state index in [1.807, 2.05) is 0 Å². The highest BCUT2D eigenvalue weighted by Gasteiger charge is 2.72. The molecule has 106 valence electrons. The summed E-state index contributed by atoms with van der Waals surface area (Å²) in [6, 6.07) is 0. The summed E-state index contributed by atoms with van der Waals surface area (Å²) in [7, 11) is 1.42. The van der Waals surface area contributed by atoms with Crippen molar-refractivity contribution in [3.63, 3.8) is 0 Å². The Hall–Kier alpha value is -0.860. The second kappa shape index (κ2) is 3.83. The first-order chi connectivity index (χ1) is 8.86. The molecule has 0 amide bonds. The predicted octanol–water partition coefficient (Wildman–Crippen LogP) is 2.83. The number of hydrogen-bond acceptors (Lipinski definition) is 3. The quantitative estimate of drug-likeness (QED) is 0.569. The molecule has 0 spiro atoms. The Bertz CT molecular complexity index is 441. The van der Waals surface area contributed by atoms with E-state index >= 15 is 0 Å². The van der Waals surface area contributed by atoms with Crippen molar-refractivity contribution in [1.29, 1.82) is 0 Å². The fourth-order valence-corrected chi connectivity index (χ4v) is 5.43. The summed E-state index contributed by atoms with van der Waals surface area (Å²) >= 11 is 0. The van der Waals surface area contributed by atoms with Crippen LogP contribution in [0.5, 0.6) is 0 Å². The molecule has 0 unspecified atom stereocenters. The number of fused-ring (bicyclic) bond motifs is 1. The van der Waals surface area contributed by atoms with Crippen LogP contribution in [-0.4, -0.2) is 18.9 Å². The molecule has 0 heterocycles. The summed E-state index contributed by atoms with van der Waals surface area (Å²) in [6.07, 6.45) is 3.68. The van der Waals surface area contributed by atoms with Crippen LogP contribution in [0.2, 0.25) is 0 Å². The number of methoxy groups -OCH3 is 1. The maximum Gasteiger partial charge on any atom is 0.319 e. The average molecular weight is 264 g/mol. The van der Waals surface area contributed by atoms with Gasteiger partial charge in [0.05, 0.1) is 7.11 Å². The van der Waals surface area contributed by atoms with Gasteiger partial charge in [-0.1, -0.05) is 20.8 Å². The number of carbonyl (C=O) groups is 2. The van der Waals surface area contributed by atoms with Gasteiger partial charge in [-0.05, 0) is 49.4 Å². The molecule has 0 saturated heterocycles. The minimum atomic E-state index is -0.806. The molecule has 4 aliphatic rings. The molecule has 19 heavy (non-hydrogen) atoms. The minimum Gasteiger partial charge on any atom is -0.468 e. The molecule has 0 aromatic heterocycles. The van der Waals surface area contributed by atoms with Crippen LogP contribution in [0.25, 0.3) is 0 Å². The molecule has 3 heteroatoms.